The van der Waals surface area contributed by atoms with Gasteiger partial charge in [-0.25, -0.2) is 0 Å². The summed E-state index contributed by atoms with van der Waals surface area (Å²) in [7, 11) is 4.39. The first kappa shape index (κ1) is 12.7. The Bertz CT molecular complexity index is 487. The topological polar surface area (TPSA) is 30.3 Å². The smallest absolute Gasteiger partial charge is 0.128 e. The van der Waals surface area contributed by atoms with Crippen molar-refractivity contribution in [2.45, 2.75) is 37.8 Å². The molecule has 1 fully saturated rings. The summed E-state index contributed by atoms with van der Waals surface area (Å²) in [5.74, 6) is 0.712. The van der Waals surface area contributed by atoms with E-state index < -0.39 is 0 Å². The SMILES string of the molecule is CN(C)C1(CN2Cc3ccccc3C2=N)CCCC1. The van der Waals surface area contributed by atoms with Crippen molar-refractivity contribution in [1.29, 1.82) is 5.41 Å². The highest BCUT2D eigenvalue weighted by Gasteiger charge is 2.39. The van der Waals surface area contributed by atoms with Gasteiger partial charge in [-0.15, -0.1) is 0 Å². The summed E-state index contributed by atoms with van der Waals surface area (Å²) in [6.45, 7) is 1.90. The average Bonchev–Trinajstić information content (AvgIpc) is 2.98. The Morgan fingerprint density at radius 1 is 1.21 bits per heavy atom. The van der Waals surface area contributed by atoms with Gasteiger partial charge in [0, 0.05) is 24.2 Å². The van der Waals surface area contributed by atoms with Gasteiger partial charge in [0.15, 0.2) is 0 Å². The van der Waals surface area contributed by atoms with Crippen molar-refractivity contribution in [1.82, 2.24) is 9.80 Å². The van der Waals surface area contributed by atoms with Crippen molar-refractivity contribution >= 4 is 5.84 Å². The number of benzene rings is 1. The Morgan fingerprint density at radius 3 is 2.53 bits per heavy atom. The molecule has 0 radical (unpaired) electrons. The molecule has 1 aliphatic heterocycles. The molecule has 0 amide bonds. The van der Waals surface area contributed by atoms with E-state index in [1.807, 2.05) is 6.07 Å². The molecule has 0 saturated heterocycles. The van der Waals surface area contributed by atoms with Crippen LogP contribution < -0.4 is 0 Å². The zero-order valence-electron chi connectivity index (χ0n) is 11.9. The van der Waals surface area contributed by atoms with Crippen LogP contribution >= 0.6 is 0 Å². The quantitative estimate of drug-likeness (QED) is 0.902. The molecule has 3 heteroatoms. The lowest BCUT2D eigenvalue weighted by Crippen LogP contribution is -2.51. The maximum Gasteiger partial charge on any atom is 0.128 e. The van der Waals surface area contributed by atoms with Gasteiger partial charge in [0.05, 0.1) is 0 Å². The highest BCUT2D eigenvalue weighted by atomic mass is 15.3. The molecule has 1 heterocycles. The zero-order valence-corrected chi connectivity index (χ0v) is 11.9. The molecule has 1 N–H and O–H groups in total. The first-order valence-electron chi connectivity index (χ1n) is 7.22. The Labute approximate surface area is 115 Å². The summed E-state index contributed by atoms with van der Waals surface area (Å²) >= 11 is 0. The van der Waals surface area contributed by atoms with Crippen LogP contribution in [0.5, 0.6) is 0 Å². The third-order valence-electron chi connectivity index (χ3n) is 4.92. The maximum absolute atomic E-state index is 8.39. The second-order valence-corrected chi connectivity index (χ2v) is 6.19. The minimum absolute atomic E-state index is 0.272. The summed E-state index contributed by atoms with van der Waals surface area (Å²) in [5.41, 5.74) is 2.70. The number of likely N-dealkylation sites (N-methyl/N-ethyl adjacent to an activating group) is 1. The van der Waals surface area contributed by atoms with Gasteiger partial charge in [0.1, 0.15) is 5.84 Å². The average molecular weight is 257 g/mol. The minimum atomic E-state index is 0.272. The third kappa shape index (κ3) is 2.06. The van der Waals surface area contributed by atoms with Crippen LogP contribution in [-0.2, 0) is 6.54 Å². The molecule has 0 atom stereocenters. The maximum atomic E-state index is 8.39. The number of hydrogen-bond donors (Lipinski definition) is 1. The van der Waals surface area contributed by atoms with Crippen molar-refractivity contribution in [3.05, 3.63) is 35.4 Å². The van der Waals surface area contributed by atoms with E-state index in [0.29, 0.717) is 5.84 Å². The van der Waals surface area contributed by atoms with E-state index in [-0.39, 0.29) is 5.54 Å². The van der Waals surface area contributed by atoms with Crippen molar-refractivity contribution in [2.24, 2.45) is 0 Å². The van der Waals surface area contributed by atoms with Crippen LogP contribution in [-0.4, -0.2) is 41.8 Å². The van der Waals surface area contributed by atoms with E-state index in [2.05, 4.69) is 42.1 Å². The molecule has 1 aromatic rings. The van der Waals surface area contributed by atoms with Crippen molar-refractivity contribution in [3.63, 3.8) is 0 Å². The lowest BCUT2D eigenvalue weighted by Gasteiger charge is -2.40. The van der Waals surface area contributed by atoms with Crippen LogP contribution in [0, 0.1) is 5.41 Å². The van der Waals surface area contributed by atoms with Crippen LogP contribution in [0.1, 0.15) is 36.8 Å². The fraction of sp³-hybridized carbons (Fsp3) is 0.562. The molecule has 2 aliphatic rings. The van der Waals surface area contributed by atoms with Crippen LogP contribution in [0.2, 0.25) is 0 Å². The standard InChI is InChI=1S/C16H23N3/c1-18(2)16(9-5-6-10-16)12-19-11-13-7-3-4-8-14(13)15(19)17/h3-4,7-8,17H,5-6,9-12H2,1-2H3. The van der Waals surface area contributed by atoms with Gasteiger partial charge in [0.25, 0.3) is 0 Å². The molecule has 0 unspecified atom stereocenters. The van der Waals surface area contributed by atoms with Crippen LogP contribution in [0.15, 0.2) is 24.3 Å². The fourth-order valence-corrected chi connectivity index (χ4v) is 3.61. The molecular formula is C16H23N3. The second-order valence-electron chi connectivity index (χ2n) is 6.19. The van der Waals surface area contributed by atoms with Gasteiger partial charge in [-0.2, -0.15) is 0 Å². The normalized spacial score (nSPS) is 21.2. The van der Waals surface area contributed by atoms with Crippen molar-refractivity contribution in [3.8, 4) is 0 Å². The number of nitrogens with zero attached hydrogens (tertiary/aromatic N) is 2. The highest BCUT2D eigenvalue weighted by molar-refractivity contribution is 6.00. The fourth-order valence-electron chi connectivity index (χ4n) is 3.61. The Hall–Kier alpha value is -1.35. The lowest BCUT2D eigenvalue weighted by molar-refractivity contribution is 0.122. The Balaban J connectivity index is 1.81. The van der Waals surface area contributed by atoms with E-state index in [1.54, 1.807) is 0 Å². The number of rotatable bonds is 3. The van der Waals surface area contributed by atoms with E-state index in [9.17, 15) is 0 Å². The largest absolute Gasteiger partial charge is 0.350 e. The number of amidine groups is 1. The van der Waals surface area contributed by atoms with Gasteiger partial charge in [0.2, 0.25) is 0 Å². The van der Waals surface area contributed by atoms with E-state index in [1.165, 1.54) is 31.2 Å². The highest BCUT2D eigenvalue weighted by Crippen LogP contribution is 2.36. The molecule has 3 rings (SSSR count). The van der Waals surface area contributed by atoms with E-state index in [0.717, 1.165) is 18.7 Å². The number of nitrogens with one attached hydrogen (secondary N) is 1. The van der Waals surface area contributed by atoms with Crippen molar-refractivity contribution < 1.29 is 0 Å². The summed E-state index contributed by atoms with van der Waals surface area (Å²) in [6, 6.07) is 8.34. The van der Waals surface area contributed by atoms with E-state index >= 15 is 0 Å². The molecular weight excluding hydrogens is 234 g/mol. The summed E-state index contributed by atoms with van der Waals surface area (Å²) < 4.78 is 0. The Kier molecular flexibility index (Phi) is 3.09. The van der Waals surface area contributed by atoms with Gasteiger partial charge in [-0.05, 0) is 32.5 Å². The van der Waals surface area contributed by atoms with Gasteiger partial charge < -0.3 is 9.80 Å². The molecule has 0 bridgehead atoms. The van der Waals surface area contributed by atoms with Crippen LogP contribution in [0.3, 0.4) is 0 Å². The first-order valence-corrected chi connectivity index (χ1v) is 7.22. The molecule has 0 spiro atoms. The van der Waals surface area contributed by atoms with Gasteiger partial charge >= 0.3 is 0 Å². The molecule has 19 heavy (non-hydrogen) atoms. The van der Waals surface area contributed by atoms with Gasteiger partial charge in [-0.3, -0.25) is 5.41 Å². The predicted octanol–water partition coefficient (Wildman–Crippen LogP) is 2.70. The molecule has 1 aromatic carbocycles. The van der Waals surface area contributed by atoms with E-state index in [4.69, 9.17) is 5.41 Å². The molecule has 0 aromatic heterocycles. The molecule has 3 nitrogen and oxygen atoms in total. The number of fused-ring (bicyclic) bond motifs is 1. The number of hydrogen-bond acceptors (Lipinski definition) is 2. The van der Waals surface area contributed by atoms with Crippen LogP contribution in [0.4, 0.5) is 0 Å². The summed E-state index contributed by atoms with van der Waals surface area (Å²) in [6.07, 6.45) is 5.18. The summed E-state index contributed by atoms with van der Waals surface area (Å²) in [5, 5.41) is 8.39. The summed E-state index contributed by atoms with van der Waals surface area (Å²) in [4.78, 5) is 4.65. The zero-order chi connectivity index (χ0) is 13.5. The molecule has 1 saturated carbocycles. The van der Waals surface area contributed by atoms with Crippen molar-refractivity contribution in [2.75, 3.05) is 20.6 Å². The molecule has 102 valence electrons. The molecule has 1 aliphatic carbocycles. The van der Waals surface area contributed by atoms with Gasteiger partial charge in [-0.1, -0.05) is 37.1 Å². The first-order chi connectivity index (χ1) is 9.12. The second kappa shape index (κ2) is 4.64. The monoisotopic (exact) mass is 257 g/mol. The van der Waals surface area contributed by atoms with Crippen LogP contribution in [0.25, 0.3) is 0 Å². The lowest BCUT2D eigenvalue weighted by atomic mass is 9.95. The third-order valence-corrected chi connectivity index (χ3v) is 4.92. The Morgan fingerprint density at radius 2 is 1.89 bits per heavy atom. The predicted molar refractivity (Wildman–Crippen MR) is 78.6 cm³/mol. The minimum Gasteiger partial charge on any atom is -0.350 e.